The van der Waals surface area contributed by atoms with Crippen molar-refractivity contribution in [1.82, 2.24) is 9.55 Å². The summed E-state index contributed by atoms with van der Waals surface area (Å²) in [7, 11) is -4.35. The normalized spacial score (nSPS) is 25.8. The van der Waals surface area contributed by atoms with E-state index in [1.807, 2.05) is 0 Å². The number of aromatic nitrogens is 2. The minimum atomic E-state index is -2.29. The molecule has 10 heteroatoms. The molecule has 0 unspecified atom stereocenters. The molecule has 4 atom stereocenters. The number of hydrogen-bond donors (Lipinski definition) is 2. The molecule has 2 heterocycles. The van der Waals surface area contributed by atoms with Crippen LogP contribution in [0.2, 0.25) is 36.3 Å². The SMILES string of the molecule is CC(C)(C)[Si](C)(C)OC[C@H]1O[C@@H](n2ccc(=O)[nH]c2=O)[C@H](O[Si](C)(C)C(C)(C)C)[C@H]1O. The van der Waals surface area contributed by atoms with Crippen molar-refractivity contribution in [2.45, 2.75) is 102 Å². The van der Waals surface area contributed by atoms with Crippen molar-refractivity contribution in [3.05, 3.63) is 33.1 Å². The van der Waals surface area contributed by atoms with Crippen LogP contribution in [-0.2, 0) is 13.6 Å². The lowest BCUT2D eigenvalue weighted by Crippen LogP contribution is -2.50. The lowest BCUT2D eigenvalue weighted by molar-refractivity contribution is -0.0514. The lowest BCUT2D eigenvalue weighted by atomic mass is 10.1. The highest BCUT2D eigenvalue weighted by Crippen LogP contribution is 2.42. The van der Waals surface area contributed by atoms with Gasteiger partial charge in [0.25, 0.3) is 5.56 Å². The zero-order valence-electron chi connectivity index (χ0n) is 20.6. The maximum atomic E-state index is 12.5. The van der Waals surface area contributed by atoms with Gasteiger partial charge in [-0.15, -0.1) is 0 Å². The van der Waals surface area contributed by atoms with Crippen molar-refractivity contribution in [3.63, 3.8) is 0 Å². The second-order valence-electron chi connectivity index (χ2n) is 11.5. The maximum Gasteiger partial charge on any atom is 0.330 e. The fraction of sp³-hybridized carbons (Fsp3) is 0.810. The van der Waals surface area contributed by atoms with Gasteiger partial charge in [0.2, 0.25) is 0 Å². The van der Waals surface area contributed by atoms with Crippen molar-refractivity contribution < 1.29 is 18.7 Å². The number of H-pyrrole nitrogens is 1. The first-order valence-corrected chi connectivity index (χ1v) is 16.7. The average Bonchev–Trinajstić information content (AvgIpc) is 2.87. The molecule has 1 aromatic rings. The first kappa shape index (κ1) is 26.2. The van der Waals surface area contributed by atoms with Crippen molar-refractivity contribution in [1.29, 1.82) is 0 Å². The summed E-state index contributed by atoms with van der Waals surface area (Å²) in [6.07, 6.45) is -1.84. The molecule has 1 fully saturated rings. The van der Waals surface area contributed by atoms with Gasteiger partial charge in [-0.25, -0.2) is 4.79 Å². The Morgan fingerprint density at radius 1 is 1.06 bits per heavy atom. The monoisotopic (exact) mass is 472 g/mol. The average molecular weight is 473 g/mol. The van der Waals surface area contributed by atoms with Crippen LogP contribution in [0.5, 0.6) is 0 Å². The van der Waals surface area contributed by atoms with E-state index in [1.165, 1.54) is 16.8 Å². The standard InChI is InChI=1S/C21H40N2O6Si2/c1-20(2,3)30(7,8)27-13-14-16(25)17(29-31(9,10)21(4,5)6)18(28-14)23-12-11-15(24)22-19(23)26/h11-12,14,16-18,25H,13H2,1-10H3,(H,22,24,26)/t14-,16+,17-,18-/m1/s1. The molecule has 1 aliphatic heterocycles. The summed E-state index contributed by atoms with van der Waals surface area (Å²) in [5.74, 6) is 0. The fourth-order valence-electron chi connectivity index (χ4n) is 2.86. The number of aliphatic hydroxyl groups excluding tert-OH is 1. The van der Waals surface area contributed by atoms with Gasteiger partial charge in [0.05, 0.1) is 6.61 Å². The number of rotatable bonds is 6. The van der Waals surface area contributed by atoms with Gasteiger partial charge in [-0.1, -0.05) is 41.5 Å². The summed E-state index contributed by atoms with van der Waals surface area (Å²) < 4.78 is 20.2. The third-order valence-electron chi connectivity index (χ3n) is 7.09. The predicted molar refractivity (Wildman–Crippen MR) is 126 cm³/mol. The molecule has 0 saturated carbocycles. The molecule has 178 valence electrons. The number of nitrogens with zero attached hydrogens (tertiary/aromatic N) is 1. The summed E-state index contributed by atoms with van der Waals surface area (Å²) in [5, 5.41) is 11.1. The van der Waals surface area contributed by atoms with Gasteiger partial charge >= 0.3 is 5.69 Å². The van der Waals surface area contributed by atoms with E-state index < -0.39 is 52.4 Å². The van der Waals surface area contributed by atoms with Crippen LogP contribution in [-0.4, -0.2) is 56.2 Å². The van der Waals surface area contributed by atoms with Crippen LogP contribution in [0.4, 0.5) is 0 Å². The largest absolute Gasteiger partial charge is 0.414 e. The van der Waals surface area contributed by atoms with Crippen LogP contribution < -0.4 is 11.2 Å². The first-order chi connectivity index (χ1) is 13.9. The van der Waals surface area contributed by atoms with E-state index in [9.17, 15) is 14.7 Å². The first-order valence-electron chi connectivity index (χ1n) is 10.8. The second-order valence-corrected chi connectivity index (χ2v) is 21.1. The highest BCUT2D eigenvalue weighted by Gasteiger charge is 2.51. The van der Waals surface area contributed by atoms with Gasteiger partial charge in [0, 0.05) is 12.3 Å². The Balaban J connectivity index is 2.37. The van der Waals surface area contributed by atoms with Gasteiger partial charge in [-0.3, -0.25) is 14.3 Å². The minimum absolute atomic E-state index is 0.0167. The van der Waals surface area contributed by atoms with E-state index in [0.29, 0.717) is 0 Å². The van der Waals surface area contributed by atoms with Crippen molar-refractivity contribution >= 4 is 16.6 Å². The molecule has 1 aromatic heterocycles. The molecule has 0 radical (unpaired) electrons. The maximum absolute atomic E-state index is 12.5. The molecule has 0 bridgehead atoms. The van der Waals surface area contributed by atoms with Gasteiger partial charge in [0.15, 0.2) is 22.9 Å². The number of nitrogens with one attached hydrogen (secondary N) is 1. The topological polar surface area (TPSA) is 103 Å². The summed E-state index contributed by atoms with van der Waals surface area (Å²) in [6.45, 7) is 21.5. The van der Waals surface area contributed by atoms with Crippen LogP contribution in [0.15, 0.2) is 21.9 Å². The van der Waals surface area contributed by atoms with E-state index >= 15 is 0 Å². The highest BCUT2D eigenvalue weighted by molar-refractivity contribution is 6.74. The van der Waals surface area contributed by atoms with Crippen molar-refractivity contribution in [2.24, 2.45) is 0 Å². The molecule has 0 amide bonds. The minimum Gasteiger partial charge on any atom is -0.414 e. The quantitative estimate of drug-likeness (QED) is 0.616. The molecule has 0 spiro atoms. The highest BCUT2D eigenvalue weighted by atomic mass is 28.4. The Morgan fingerprint density at radius 2 is 1.61 bits per heavy atom. The predicted octanol–water partition coefficient (Wildman–Crippen LogP) is 3.21. The van der Waals surface area contributed by atoms with Crippen LogP contribution in [0, 0.1) is 0 Å². The molecule has 2 rings (SSSR count). The Labute approximate surface area is 187 Å². The van der Waals surface area contributed by atoms with Crippen LogP contribution in [0.25, 0.3) is 0 Å². The Kier molecular flexibility index (Phi) is 7.37. The molecule has 8 nitrogen and oxygen atoms in total. The van der Waals surface area contributed by atoms with Crippen molar-refractivity contribution in [3.8, 4) is 0 Å². The van der Waals surface area contributed by atoms with E-state index in [-0.39, 0.29) is 16.7 Å². The van der Waals surface area contributed by atoms with E-state index in [0.717, 1.165) is 0 Å². The molecular weight excluding hydrogens is 432 g/mol. The molecule has 2 N–H and O–H groups in total. The molecule has 0 aromatic carbocycles. The zero-order valence-corrected chi connectivity index (χ0v) is 22.6. The van der Waals surface area contributed by atoms with Gasteiger partial charge in [-0.2, -0.15) is 0 Å². The van der Waals surface area contributed by atoms with Gasteiger partial charge in [-0.05, 0) is 36.3 Å². The number of aromatic amines is 1. The molecular formula is C21H40N2O6Si2. The summed E-state index contributed by atoms with van der Waals surface area (Å²) in [5.41, 5.74) is -1.08. The zero-order chi connectivity index (χ0) is 24.0. The molecule has 0 aliphatic carbocycles. The van der Waals surface area contributed by atoms with Gasteiger partial charge < -0.3 is 18.7 Å². The molecule has 1 aliphatic rings. The lowest BCUT2D eigenvalue weighted by Gasteiger charge is -2.40. The van der Waals surface area contributed by atoms with Gasteiger partial charge in [0.1, 0.15) is 18.3 Å². The molecule has 31 heavy (non-hydrogen) atoms. The van der Waals surface area contributed by atoms with Crippen LogP contribution >= 0.6 is 0 Å². The third kappa shape index (κ3) is 5.66. The van der Waals surface area contributed by atoms with E-state index in [4.69, 9.17) is 13.6 Å². The summed E-state index contributed by atoms with van der Waals surface area (Å²) in [6, 6.07) is 1.26. The second kappa shape index (κ2) is 8.71. The number of aliphatic hydroxyl groups is 1. The smallest absolute Gasteiger partial charge is 0.330 e. The summed E-state index contributed by atoms with van der Waals surface area (Å²) in [4.78, 5) is 26.3. The molecule has 1 saturated heterocycles. The Bertz CT molecular complexity index is 881. The summed E-state index contributed by atoms with van der Waals surface area (Å²) >= 11 is 0. The number of ether oxygens (including phenoxy) is 1. The van der Waals surface area contributed by atoms with Crippen molar-refractivity contribution in [2.75, 3.05) is 6.61 Å². The third-order valence-corrected chi connectivity index (χ3v) is 16.1. The van der Waals surface area contributed by atoms with E-state index in [1.54, 1.807) is 0 Å². The Hall–Kier alpha value is -1.05. The Morgan fingerprint density at radius 3 is 2.10 bits per heavy atom. The van der Waals surface area contributed by atoms with Crippen LogP contribution in [0.3, 0.4) is 0 Å². The van der Waals surface area contributed by atoms with E-state index in [2.05, 4.69) is 72.7 Å². The fourth-order valence-corrected chi connectivity index (χ4v) is 5.16. The van der Waals surface area contributed by atoms with Crippen LogP contribution in [0.1, 0.15) is 47.8 Å². The number of hydrogen-bond acceptors (Lipinski definition) is 6.